The molecule has 0 N–H and O–H groups in total. The number of hydrogen-bond donors (Lipinski definition) is 0. The molecule has 0 unspecified atom stereocenters. The molecule has 4 rings (SSSR count). The zero-order chi connectivity index (χ0) is 17.6. The number of Topliss-reactive ketones (excluding diaryl/α,β-unsaturated/α-hetero) is 1. The number of halogens is 2. The lowest BCUT2D eigenvalue weighted by Gasteiger charge is -2.05. The largest absolute Gasteiger partial charge is 0.452 e. The van der Waals surface area contributed by atoms with Gasteiger partial charge >= 0.3 is 5.97 Å². The van der Waals surface area contributed by atoms with Gasteiger partial charge in [0, 0.05) is 21.7 Å². The fraction of sp³-hybridized carbons (Fsp3) is 0.158. The summed E-state index contributed by atoms with van der Waals surface area (Å²) in [6.45, 7) is 0. The smallest absolute Gasteiger partial charge is 0.314 e. The first-order chi connectivity index (χ1) is 12.0. The second-order valence-corrected chi connectivity index (χ2v) is 6.74. The molecule has 2 aliphatic rings. The summed E-state index contributed by atoms with van der Waals surface area (Å²) in [4.78, 5) is 24.2. The monoisotopic (exact) mass is 374 g/mol. The number of allylic oxidation sites excluding steroid dienone is 1. The van der Waals surface area contributed by atoms with Crippen molar-refractivity contribution in [2.75, 3.05) is 0 Å². The van der Waals surface area contributed by atoms with E-state index in [-0.39, 0.29) is 23.4 Å². The number of hydrogen-bond acceptors (Lipinski definition) is 4. The fourth-order valence-electron chi connectivity index (χ4n) is 2.53. The Labute approximate surface area is 153 Å². The lowest BCUT2D eigenvalue weighted by Crippen LogP contribution is -2.09. The highest BCUT2D eigenvalue weighted by Gasteiger charge is 2.33. The lowest BCUT2D eigenvalue weighted by atomic mass is 10.1. The van der Waals surface area contributed by atoms with Gasteiger partial charge in [-0.25, -0.2) is 0 Å². The Balaban J connectivity index is 1.62. The van der Waals surface area contributed by atoms with E-state index in [1.165, 1.54) is 6.08 Å². The Hall–Kier alpha value is -2.30. The van der Waals surface area contributed by atoms with Gasteiger partial charge in [-0.15, -0.1) is 0 Å². The van der Waals surface area contributed by atoms with Gasteiger partial charge in [0.1, 0.15) is 11.5 Å². The molecule has 6 heteroatoms. The van der Waals surface area contributed by atoms with Crippen LogP contribution in [0.15, 0.2) is 42.2 Å². The molecule has 1 aliphatic heterocycles. The molecule has 1 saturated carbocycles. The van der Waals surface area contributed by atoms with Gasteiger partial charge in [0.15, 0.2) is 5.76 Å². The van der Waals surface area contributed by atoms with Crippen LogP contribution in [0.5, 0.6) is 11.5 Å². The number of ether oxygens (including phenoxy) is 2. The van der Waals surface area contributed by atoms with Crippen molar-refractivity contribution in [2.45, 2.75) is 12.8 Å². The van der Waals surface area contributed by atoms with Crippen molar-refractivity contribution in [3.8, 4) is 11.5 Å². The second kappa shape index (κ2) is 6.21. The predicted molar refractivity (Wildman–Crippen MR) is 94.2 cm³/mol. The fourth-order valence-corrected chi connectivity index (χ4v) is 3.04. The molecule has 0 atom stereocenters. The van der Waals surface area contributed by atoms with E-state index < -0.39 is 0 Å². The first-order valence-corrected chi connectivity index (χ1v) is 8.52. The molecule has 2 aromatic carbocycles. The highest BCUT2D eigenvalue weighted by molar-refractivity contribution is 6.37. The van der Waals surface area contributed by atoms with E-state index in [2.05, 4.69) is 0 Å². The predicted octanol–water partition coefficient (Wildman–Crippen LogP) is 4.93. The van der Waals surface area contributed by atoms with Crippen molar-refractivity contribution in [1.29, 1.82) is 0 Å². The van der Waals surface area contributed by atoms with Gasteiger partial charge in [-0.3, -0.25) is 9.59 Å². The minimum atomic E-state index is -0.272. The molecule has 25 heavy (non-hydrogen) atoms. The van der Waals surface area contributed by atoms with Crippen LogP contribution in [0.25, 0.3) is 6.08 Å². The molecular formula is C19H12Cl2O4. The topological polar surface area (TPSA) is 52.6 Å². The highest BCUT2D eigenvalue weighted by atomic mass is 35.5. The number of esters is 1. The summed E-state index contributed by atoms with van der Waals surface area (Å²) in [6, 6.07) is 9.81. The minimum Gasteiger partial charge on any atom is -0.452 e. The zero-order valence-electron chi connectivity index (χ0n) is 12.9. The van der Waals surface area contributed by atoms with E-state index in [9.17, 15) is 9.59 Å². The number of carbonyl (C=O) groups excluding carboxylic acids is 2. The van der Waals surface area contributed by atoms with Crippen LogP contribution < -0.4 is 9.47 Å². The van der Waals surface area contributed by atoms with Gasteiger partial charge in [0.25, 0.3) is 0 Å². The number of ketones is 1. The Bertz CT molecular complexity index is 909. The summed E-state index contributed by atoms with van der Waals surface area (Å²) in [5.41, 5.74) is 0.919. The molecule has 0 spiro atoms. The van der Waals surface area contributed by atoms with Crippen LogP contribution in [-0.4, -0.2) is 11.8 Å². The van der Waals surface area contributed by atoms with Crippen LogP contribution >= 0.6 is 23.2 Å². The summed E-state index contributed by atoms with van der Waals surface area (Å²) in [5.74, 6) is 0.305. The molecule has 1 heterocycles. The number of rotatable bonds is 3. The van der Waals surface area contributed by atoms with Crippen molar-refractivity contribution in [1.82, 2.24) is 0 Å². The van der Waals surface area contributed by atoms with Gasteiger partial charge in [-0.1, -0.05) is 29.3 Å². The van der Waals surface area contributed by atoms with E-state index in [1.807, 2.05) is 0 Å². The van der Waals surface area contributed by atoms with Crippen LogP contribution in [0.3, 0.4) is 0 Å². The van der Waals surface area contributed by atoms with E-state index in [4.69, 9.17) is 32.7 Å². The average Bonchev–Trinajstić information content (AvgIpc) is 3.38. The van der Waals surface area contributed by atoms with Gasteiger partial charge in [0.2, 0.25) is 5.78 Å². The standard InChI is InChI=1S/C19H12Cl2O4/c20-14-2-1-3-15(21)13(14)9-17-18(22)12-7-6-11(8-16(12)25-17)24-19(23)10-4-5-10/h1-3,6-10H,4-5H2. The van der Waals surface area contributed by atoms with Gasteiger partial charge in [0.05, 0.1) is 11.5 Å². The molecule has 1 aliphatic carbocycles. The number of fused-ring (bicyclic) bond motifs is 1. The van der Waals surface area contributed by atoms with Crippen molar-refractivity contribution < 1.29 is 19.1 Å². The highest BCUT2D eigenvalue weighted by Crippen LogP contribution is 2.37. The van der Waals surface area contributed by atoms with Crippen LogP contribution in [0.2, 0.25) is 10.0 Å². The first kappa shape index (κ1) is 16.2. The molecule has 0 amide bonds. The first-order valence-electron chi connectivity index (χ1n) is 7.77. The zero-order valence-corrected chi connectivity index (χ0v) is 14.4. The Morgan fingerprint density at radius 1 is 1.16 bits per heavy atom. The summed E-state index contributed by atoms with van der Waals surface area (Å²) in [6.07, 6.45) is 3.25. The van der Waals surface area contributed by atoms with Crippen LogP contribution in [-0.2, 0) is 4.79 Å². The molecule has 0 bridgehead atoms. The third kappa shape index (κ3) is 3.15. The normalized spacial score (nSPS) is 17.4. The van der Waals surface area contributed by atoms with Crippen molar-refractivity contribution >= 4 is 41.0 Å². The third-order valence-corrected chi connectivity index (χ3v) is 4.70. The lowest BCUT2D eigenvalue weighted by molar-refractivity contribution is -0.135. The van der Waals surface area contributed by atoms with E-state index in [1.54, 1.807) is 36.4 Å². The Morgan fingerprint density at radius 3 is 2.56 bits per heavy atom. The maximum atomic E-state index is 12.5. The molecule has 126 valence electrons. The van der Waals surface area contributed by atoms with Crippen molar-refractivity contribution in [2.24, 2.45) is 5.92 Å². The van der Waals surface area contributed by atoms with Crippen molar-refractivity contribution in [3.05, 3.63) is 63.3 Å². The molecule has 0 saturated heterocycles. The molecule has 2 aromatic rings. The summed E-state index contributed by atoms with van der Waals surface area (Å²) in [7, 11) is 0. The maximum absolute atomic E-state index is 12.5. The quantitative estimate of drug-likeness (QED) is 0.434. The summed E-state index contributed by atoms with van der Waals surface area (Å²) >= 11 is 12.3. The van der Waals surface area contributed by atoms with E-state index >= 15 is 0 Å². The van der Waals surface area contributed by atoms with Crippen LogP contribution in [0, 0.1) is 5.92 Å². The SMILES string of the molecule is O=C1C(=Cc2c(Cl)cccc2Cl)Oc2cc(OC(=O)C3CC3)ccc21. The molecule has 1 fully saturated rings. The van der Waals surface area contributed by atoms with E-state index in [0.29, 0.717) is 32.7 Å². The van der Waals surface area contributed by atoms with Gasteiger partial charge < -0.3 is 9.47 Å². The van der Waals surface area contributed by atoms with Crippen LogP contribution in [0.4, 0.5) is 0 Å². The second-order valence-electron chi connectivity index (χ2n) is 5.93. The van der Waals surface area contributed by atoms with Gasteiger partial charge in [-0.2, -0.15) is 0 Å². The van der Waals surface area contributed by atoms with Gasteiger partial charge in [-0.05, 0) is 43.2 Å². The minimum absolute atomic E-state index is 0.00590. The van der Waals surface area contributed by atoms with Crippen molar-refractivity contribution in [3.63, 3.8) is 0 Å². The average molecular weight is 375 g/mol. The third-order valence-electron chi connectivity index (χ3n) is 4.05. The molecule has 0 aromatic heterocycles. The van der Waals surface area contributed by atoms with Crippen LogP contribution in [0.1, 0.15) is 28.8 Å². The van der Waals surface area contributed by atoms with E-state index in [0.717, 1.165) is 12.8 Å². The maximum Gasteiger partial charge on any atom is 0.314 e. The molecule has 4 nitrogen and oxygen atoms in total. The molecular weight excluding hydrogens is 363 g/mol. The Morgan fingerprint density at radius 2 is 1.88 bits per heavy atom. The molecule has 0 radical (unpaired) electrons. The summed E-state index contributed by atoms with van der Waals surface area (Å²) < 4.78 is 10.9. The number of carbonyl (C=O) groups is 2. The number of benzene rings is 2. The Kier molecular flexibility index (Phi) is 4.02. The summed E-state index contributed by atoms with van der Waals surface area (Å²) in [5, 5.41) is 0.845.